The summed E-state index contributed by atoms with van der Waals surface area (Å²) in [6, 6.07) is 6.07. The van der Waals surface area contributed by atoms with Gasteiger partial charge in [0.05, 0.1) is 5.69 Å². The van der Waals surface area contributed by atoms with E-state index >= 15 is 0 Å². The molecule has 4 heteroatoms. The van der Waals surface area contributed by atoms with Gasteiger partial charge < -0.3 is 9.88 Å². The molecule has 0 aliphatic carbocycles. The first kappa shape index (κ1) is 12.6. The molecule has 0 aliphatic rings. The summed E-state index contributed by atoms with van der Waals surface area (Å²) < 4.78 is 2.20. The number of pyridine rings is 1. The summed E-state index contributed by atoms with van der Waals surface area (Å²) in [5.41, 5.74) is 1.05. The van der Waals surface area contributed by atoms with E-state index in [-0.39, 0.29) is 0 Å². The molecule has 2 aromatic rings. The highest BCUT2D eigenvalue weighted by Crippen LogP contribution is 2.10. The van der Waals surface area contributed by atoms with Gasteiger partial charge in [0.25, 0.3) is 0 Å². The molecule has 2 heterocycles. The fraction of sp³-hybridized carbons (Fsp3) is 0.429. The topological polar surface area (TPSA) is 42.7 Å². The molecule has 0 radical (unpaired) electrons. The van der Waals surface area contributed by atoms with Crippen LogP contribution in [0.5, 0.6) is 0 Å². The summed E-state index contributed by atoms with van der Waals surface area (Å²) in [4.78, 5) is 8.98. The minimum Gasteiger partial charge on any atom is -0.370 e. The summed E-state index contributed by atoms with van der Waals surface area (Å²) in [7, 11) is 0. The summed E-state index contributed by atoms with van der Waals surface area (Å²) in [5.74, 6) is 2.02. The lowest BCUT2D eigenvalue weighted by atomic mass is 10.2. The number of aromatic nitrogens is 3. The van der Waals surface area contributed by atoms with Crippen molar-refractivity contribution in [1.29, 1.82) is 0 Å². The zero-order valence-corrected chi connectivity index (χ0v) is 11.1. The van der Waals surface area contributed by atoms with Crippen LogP contribution in [-0.2, 0) is 13.0 Å². The number of anilines is 1. The van der Waals surface area contributed by atoms with E-state index < -0.39 is 0 Å². The molecule has 0 atom stereocenters. The first-order valence-corrected chi connectivity index (χ1v) is 6.53. The van der Waals surface area contributed by atoms with E-state index in [1.807, 2.05) is 30.6 Å². The van der Waals surface area contributed by atoms with Crippen LogP contribution in [0.1, 0.15) is 31.8 Å². The van der Waals surface area contributed by atoms with Crippen LogP contribution in [0.25, 0.3) is 0 Å². The zero-order valence-electron chi connectivity index (χ0n) is 11.1. The van der Waals surface area contributed by atoms with Crippen molar-refractivity contribution in [3.63, 3.8) is 0 Å². The maximum absolute atomic E-state index is 4.57. The highest BCUT2D eigenvalue weighted by Gasteiger charge is 2.05. The van der Waals surface area contributed by atoms with Gasteiger partial charge in [0.15, 0.2) is 0 Å². The van der Waals surface area contributed by atoms with E-state index in [0.717, 1.165) is 43.3 Å². The molecule has 4 nitrogen and oxygen atoms in total. The Morgan fingerprint density at radius 2 is 2.17 bits per heavy atom. The fourth-order valence-corrected chi connectivity index (χ4v) is 1.97. The third-order valence-corrected chi connectivity index (χ3v) is 2.77. The van der Waals surface area contributed by atoms with E-state index in [0.29, 0.717) is 0 Å². The summed E-state index contributed by atoms with van der Waals surface area (Å²) >= 11 is 0. The second-order valence-corrected chi connectivity index (χ2v) is 4.26. The standard InChI is InChI=1S/C14H20N4/c1-3-9-18-10-8-16-14(18)11-12-6-5-7-13(17-12)15-4-2/h5-8,10H,3-4,9,11H2,1-2H3,(H,15,17). The van der Waals surface area contributed by atoms with Gasteiger partial charge in [0.1, 0.15) is 11.6 Å². The van der Waals surface area contributed by atoms with Crippen LogP contribution in [0.3, 0.4) is 0 Å². The molecule has 2 rings (SSSR count). The number of hydrogen-bond acceptors (Lipinski definition) is 3. The monoisotopic (exact) mass is 244 g/mol. The lowest BCUT2D eigenvalue weighted by Gasteiger charge is -2.07. The van der Waals surface area contributed by atoms with Gasteiger partial charge in [0, 0.05) is 31.9 Å². The molecule has 96 valence electrons. The van der Waals surface area contributed by atoms with Crippen LogP contribution in [0.15, 0.2) is 30.6 Å². The Balaban J connectivity index is 2.12. The summed E-state index contributed by atoms with van der Waals surface area (Å²) in [5, 5.41) is 3.23. The van der Waals surface area contributed by atoms with Crippen molar-refractivity contribution in [1.82, 2.24) is 14.5 Å². The molecular weight excluding hydrogens is 224 g/mol. The average molecular weight is 244 g/mol. The Morgan fingerprint density at radius 3 is 2.94 bits per heavy atom. The minimum absolute atomic E-state index is 0.784. The highest BCUT2D eigenvalue weighted by molar-refractivity contribution is 5.35. The third-order valence-electron chi connectivity index (χ3n) is 2.77. The lowest BCUT2D eigenvalue weighted by molar-refractivity contribution is 0.645. The Bertz CT molecular complexity index is 490. The van der Waals surface area contributed by atoms with Crippen LogP contribution >= 0.6 is 0 Å². The number of aryl methyl sites for hydroxylation is 1. The van der Waals surface area contributed by atoms with E-state index in [9.17, 15) is 0 Å². The van der Waals surface area contributed by atoms with Gasteiger partial charge in [-0.1, -0.05) is 13.0 Å². The van der Waals surface area contributed by atoms with E-state index in [1.165, 1.54) is 0 Å². The largest absolute Gasteiger partial charge is 0.370 e. The van der Waals surface area contributed by atoms with Gasteiger partial charge in [-0.25, -0.2) is 9.97 Å². The molecule has 1 N–H and O–H groups in total. The Kier molecular flexibility index (Phi) is 4.34. The van der Waals surface area contributed by atoms with Crippen LogP contribution in [-0.4, -0.2) is 21.1 Å². The normalized spacial score (nSPS) is 10.6. The number of imidazole rings is 1. The van der Waals surface area contributed by atoms with Crippen LogP contribution in [0.2, 0.25) is 0 Å². The van der Waals surface area contributed by atoms with Crippen LogP contribution in [0.4, 0.5) is 5.82 Å². The van der Waals surface area contributed by atoms with Gasteiger partial charge in [-0.15, -0.1) is 0 Å². The molecule has 0 saturated heterocycles. The van der Waals surface area contributed by atoms with Gasteiger partial charge in [-0.05, 0) is 25.5 Å². The Morgan fingerprint density at radius 1 is 1.28 bits per heavy atom. The van der Waals surface area contributed by atoms with Crippen molar-refractivity contribution in [3.05, 3.63) is 42.1 Å². The first-order valence-electron chi connectivity index (χ1n) is 6.53. The van der Waals surface area contributed by atoms with E-state index in [2.05, 4.69) is 33.7 Å². The van der Waals surface area contributed by atoms with Crippen molar-refractivity contribution >= 4 is 5.82 Å². The van der Waals surface area contributed by atoms with Gasteiger partial charge >= 0.3 is 0 Å². The van der Waals surface area contributed by atoms with Crippen molar-refractivity contribution in [3.8, 4) is 0 Å². The molecule has 0 saturated carbocycles. The Labute approximate surface area is 108 Å². The van der Waals surface area contributed by atoms with Crippen LogP contribution in [0, 0.1) is 0 Å². The summed E-state index contributed by atoms with van der Waals surface area (Å²) in [6.45, 7) is 6.15. The lowest BCUT2D eigenvalue weighted by Crippen LogP contribution is -2.06. The fourth-order valence-electron chi connectivity index (χ4n) is 1.97. The van der Waals surface area contributed by atoms with Crippen molar-refractivity contribution in [2.45, 2.75) is 33.2 Å². The maximum atomic E-state index is 4.57. The second-order valence-electron chi connectivity index (χ2n) is 4.26. The van der Waals surface area contributed by atoms with Crippen molar-refractivity contribution in [2.75, 3.05) is 11.9 Å². The number of nitrogens with zero attached hydrogens (tertiary/aromatic N) is 3. The number of rotatable bonds is 6. The predicted octanol–water partition coefficient (Wildman–Crippen LogP) is 2.71. The predicted molar refractivity (Wildman–Crippen MR) is 73.7 cm³/mol. The van der Waals surface area contributed by atoms with Crippen LogP contribution < -0.4 is 5.32 Å². The molecule has 0 aliphatic heterocycles. The molecule has 2 aromatic heterocycles. The minimum atomic E-state index is 0.784. The summed E-state index contributed by atoms with van der Waals surface area (Å²) in [6.07, 6.45) is 5.80. The molecular formula is C14H20N4. The van der Waals surface area contributed by atoms with Crippen molar-refractivity contribution in [2.24, 2.45) is 0 Å². The van der Waals surface area contributed by atoms with Gasteiger partial charge in [-0.3, -0.25) is 0 Å². The second kappa shape index (κ2) is 6.19. The van der Waals surface area contributed by atoms with E-state index in [4.69, 9.17) is 0 Å². The maximum Gasteiger partial charge on any atom is 0.126 e. The number of nitrogens with one attached hydrogen (secondary N) is 1. The molecule has 0 amide bonds. The third kappa shape index (κ3) is 3.09. The molecule has 0 aromatic carbocycles. The van der Waals surface area contributed by atoms with Gasteiger partial charge in [-0.2, -0.15) is 0 Å². The van der Waals surface area contributed by atoms with Crippen molar-refractivity contribution < 1.29 is 0 Å². The molecule has 0 fully saturated rings. The SMILES string of the molecule is CCCn1ccnc1Cc1cccc(NCC)n1. The molecule has 0 spiro atoms. The quantitative estimate of drug-likeness (QED) is 0.849. The molecule has 18 heavy (non-hydrogen) atoms. The average Bonchev–Trinajstić information content (AvgIpc) is 2.78. The smallest absolute Gasteiger partial charge is 0.126 e. The molecule has 0 unspecified atom stereocenters. The zero-order chi connectivity index (χ0) is 12.8. The van der Waals surface area contributed by atoms with E-state index in [1.54, 1.807) is 0 Å². The van der Waals surface area contributed by atoms with Gasteiger partial charge in [0.2, 0.25) is 0 Å². The number of hydrogen-bond donors (Lipinski definition) is 1. The highest BCUT2D eigenvalue weighted by atomic mass is 15.1. The molecule has 0 bridgehead atoms. The first-order chi connectivity index (χ1) is 8.83. The Hall–Kier alpha value is -1.84.